The number of fused-ring (bicyclic) bond motifs is 1. The minimum absolute atomic E-state index is 0.682. The number of nitrogens with two attached hydrogens (primary N) is 1. The van der Waals surface area contributed by atoms with Crippen LogP contribution in [-0.4, -0.2) is 22.7 Å². The van der Waals surface area contributed by atoms with Crippen molar-refractivity contribution in [2.45, 2.75) is 39.7 Å². The van der Waals surface area contributed by atoms with E-state index in [9.17, 15) is 0 Å². The highest BCUT2D eigenvalue weighted by molar-refractivity contribution is 5.77. The predicted molar refractivity (Wildman–Crippen MR) is 78.6 cm³/mol. The lowest BCUT2D eigenvalue weighted by Gasteiger charge is -2.07. The van der Waals surface area contributed by atoms with Gasteiger partial charge in [-0.1, -0.05) is 6.92 Å². The molecule has 0 radical (unpaired) electrons. The molecule has 0 bridgehead atoms. The lowest BCUT2D eigenvalue weighted by Crippen LogP contribution is -2.07. The fraction of sp³-hybridized carbons (Fsp3) is 0.533. The third-order valence-electron chi connectivity index (χ3n) is 3.16. The molecule has 4 heteroatoms. The zero-order valence-electron chi connectivity index (χ0n) is 11.9. The zero-order chi connectivity index (χ0) is 13.7. The normalized spacial score (nSPS) is 11.1. The Hall–Kier alpha value is -1.55. The Morgan fingerprint density at radius 3 is 2.84 bits per heavy atom. The molecule has 1 heterocycles. The van der Waals surface area contributed by atoms with Crippen molar-refractivity contribution < 1.29 is 4.74 Å². The van der Waals surface area contributed by atoms with E-state index >= 15 is 0 Å². The summed E-state index contributed by atoms with van der Waals surface area (Å²) < 4.78 is 7.84. The first-order chi connectivity index (χ1) is 9.30. The molecule has 0 aliphatic heterocycles. The van der Waals surface area contributed by atoms with Gasteiger partial charge < -0.3 is 15.0 Å². The molecule has 0 saturated heterocycles. The van der Waals surface area contributed by atoms with Gasteiger partial charge in [-0.3, -0.25) is 0 Å². The van der Waals surface area contributed by atoms with Crippen LogP contribution >= 0.6 is 0 Å². The Bertz CT molecular complexity index is 533. The molecule has 0 fully saturated rings. The van der Waals surface area contributed by atoms with Crippen molar-refractivity contribution in [1.82, 2.24) is 9.55 Å². The first-order valence-corrected chi connectivity index (χ1v) is 7.12. The highest BCUT2D eigenvalue weighted by Crippen LogP contribution is 2.23. The molecule has 0 unspecified atom stereocenters. The van der Waals surface area contributed by atoms with Gasteiger partial charge in [0.25, 0.3) is 0 Å². The molecule has 104 valence electrons. The summed E-state index contributed by atoms with van der Waals surface area (Å²) in [4.78, 5) is 4.74. The maximum absolute atomic E-state index is 5.60. The average Bonchev–Trinajstić information content (AvgIpc) is 2.75. The summed E-state index contributed by atoms with van der Waals surface area (Å²) in [5.41, 5.74) is 7.81. The molecule has 1 aromatic carbocycles. The Labute approximate surface area is 114 Å². The fourth-order valence-corrected chi connectivity index (χ4v) is 2.34. The standard InChI is InChI=1S/C15H23N3O/c1-3-10-18-14-8-7-12(19-4-2)11-13(14)17-15(18)6-5-9-16/h7-8,11H,3-6,9-10,16H2,1-2H3. The van der Waals surface area contributed by atoms with Crippen LogP contribution in [0, 0.1) is 0 Å². The van der Waals surface area contributed by atoms with Crippen molar-refractivity contribution in [1.29, 1.82) is 0 Å². The minimum Gasteiger partial charge on any atom is -0.494 e. The molecule has 1 aromatic heterocycles. The first-order valence-electron chi connectivity index (χ1n) is 7.12. The van der Waals surface area contributed by atoms with Crippen LogP contribution in [0.25, 0.3) is 11.0 Å². The number of rotatable bonds is 7. The summed E-state index contributed by atoms with van der Waals surface area (Å²) in [6.45, 7) is 6.57. The number of hydrogen-bond donors (Lipinski definition) is 1. The smallest absolute Gasteiger partial charge is 0.121 e. The van der Waals surface area contributed by atoms with Crippen LogP contribution in [0.3, 0.4) is 0 Å². The average molecular weight is 261 g/mol. The molecule has 0 amide bonds. The van der Waals surface area contributed by atoms with Gasteiger partial charge in [-0.2, -0.15) is 0 Å². The highest BCUT2D eigenvalue weighted by Gasteiger charge is 2.10. The van der Waals surface area contributed by atoms with Crippen molar-refractivity contribution >= 4 is 11.0 Å². The Morgan fingerprint density at radius 1 is 1.32 bits per heavy atom. The lowest BCUT2D eigenvalue weighted by atomic mass is 10.3. The van der Waals surface area contributed by atoms with Crippen LogP contribution in [0.15, 0.2) is 18.2 Å². The van der Waals surface area contributed by atoms with Gasteiger partial charge in [-0.25, -0.2) is 4.98 Å². The van der Waals surface area contributed by atoms with Crippen molar-refractivity contribution in [3.05, 3.63) is 24.0 Å². The van der Waals surface area contributed by atoms with E-state index in [-0.39, 0.29) is 0 Å². The number of hydrogen-bond acceptors (Lipinski definition) is 3. The van der Waals surface area contributed by atoms with Crippen LogP contribution in [-0.2, 0) is 13.0 Å². The van der Waals surface area contributed by atoms with Crippen LogP contribution in [0.4, 0.5) is 0 Å². The molecular weight excluding hydrogens is 238 g/mol. The first kappa shape index (κ1) is 13.9. The Kier molecular flexibility index (Phi) is 4.80. The van der Waals surface area contributed by atoms with Crippen molar-refractivity contribution in [3.8, 4) is 5.75 Å². The van der Waals surface area contributed by atoms with Crippen molar-refractivity contribution in [2.75, 3.05) is 13.2 Å². The maximum Gasteiger partial charge on any atom is 0.121 e. The number of aryl methyl sites for hydroxylation is 2. The largest absolute Gasteiger partial charge is 0.494 e. The van der Waals surface area contributed by atoms with Gasteiger partial charge in [-0.15, -0.1) is 0 Å². The van der Waals surface area contributed by atoms with E-state index < -0.39 is 0 Å². The fourth-order valence-electron chi connectivity index (χ4n) is 2.34. The Morgan fingerprint density at radius 2 is 2.16 bits per heavy atom. The predicted octanol–water partition coefficient (Wildman–Crippen LogP) is 2.74. The van der Waals surface area contributed by atoms with Crippen LogP contribution in [0.5, 0.6) is 5.75 Å². The van der Waals surface area contributed by atoms with E-state index in [0.29, 0.717) is 13.2 Å². The maximum atomic E-state index is 5.60. The van der Waals surface area contributed by atoms with Gasteiger partial charge in [0.05, 0.1) is 17.6 Å². The molecule has 0 aliphatic carbocycles. The number of benzene rings is 1. The molecule has 2 N–H and O–H groups in total. The molecule has 0 saturated carbocycles. The van der Waals surface area contributed by atoms with E-state index in [1.165, 1.54) is 5.52 Å². The summed E-state index contributed by atoms with van der Waals surface area (Å²) in [6.07, 6.45) is 3.02. The Balaban J connectivity index is 2.39. The molecule has 0 spiro atoms. The molecule has 2 aromatic rings. The highest BCUT2D eigenvalue weighted by atomic mass is 16.5. The summed E-state index contributed by atoms with van der Waals surface area (Å²) in [7, 11) is 0. The number of ether oxygens (including phenoxy) is 1. The quantitative estimate of drug-likeness (QED) is 0.833. The lowest BCUT2D eigenvalue weighted by molar-refractivity contribution is 0.340. The van der Waals surface area contributed by atoms with E-state index in [2.05, 4.69) is 17.6 Å². The summed E-state index contributed by atoms with van der Waals surface area (Å²) in [6, 6.07) is 6.15. The van der Waals surface area contributed by atoms with Gasteiger partial charge in [0, 0.05) is 19.0 Å². The van der Waals surface area contributed by atoms with Gasteiger partial charge in [-0.05, 0) is 38.4 Å². The SMILES string of the molecule is CCCn1c(CCCN)nc2cc(OCC)ccc21. The molecule has 2 rings (SSSR count). The molecule has 19 heavy (non-hydrogen) atoms. The second-order valence-electron chi connectivity index (χ2n) is 4.66. The van der Waals surface area contributed by atoms with Crippen LogP contribution in [0.1, 0.15) is 32.5 Å². The summed E-state index contributed by atoms with van der Waals surface area (Å²) in [5.74, 6) is 2.03. The molecule has 0 aliphatic rings. The van der Waals surface area contributed by atoms with E-state index in [1.54, 1.807) is 0 Å². The van der Waals surface area contributed by atoms with E-state index in [0.717, 1.165) is 42.9 Å². The third kappa shape index (κ3) is 3.07. The number of aromatic nitrogens is 2. The van der Waals surface area contributed by atoms with E-state index in [1.807, 2.05) is 19.1 Å². The number of imidazole rings is 1. The van der Waals surface area contributed by atoms with Crippen LogP contribution < -0.4 is 10.5 Å². The van der Waals surface area contributed by atoms with Crippen molar-refractivity contribution in [2.24, 2.45) is 5.73 Å². The van der Waals surface area contributed by atoms with Crippen LogP contribution in [0.2, 0.25) is 0 Å². The van der Waals surface area contributed by atoms with Crippen molar-refractivity contribution in [3.63, 3.8) is 0 Å². The summed E-state index contributed by atoms with van der Waals surface area (Å²) >= 11 is 0. The van der Waals surface area contributed by atoms with Gasteiger partial charge in [0.1, 0.15) is 11.6 Å². The third-order valence-corrected chi connectivity index (χ3v) is 3.16. The monoisotopic (exact) mass is 261 g/mol. The van der Waals surface area contributed by atoms with Gasteiger partial charge in [0.15, 0.2) is 0 Å². The second-order valence-corrected chi connectivity index (χ2v) is 4.66. The number of nitrogens with zero attached hydrogens (tertiary/aromatic N) is 2. The topological polar surface area (TPSA) is 53.1 Å². The zero-order valence-corrected chi connectivity index (χ0v) is 11.9. The molecule has 0 atom stereocenters. The van der Waals surface area contributed by atoms with Gasteiger partial charge >= 0.3 is 0 Å². The van der Waals surface area contributed by atoms with E-state index in [4.69, 9.17) is 15.5 Å². The second kappa shape index (κ2) is 6.57. The van der Waals surface area contributed by atoms with Gasteiger partial charge in [0.2, 0.25) is 0 Å². The molecular formula is C15H23N3O. The summed E-state index contributed by atoms with van der Waals surface area (Å²) in [5, 5.41) is 0. The minimum atomic E-state index is 0.682. The molecule has 4 nitrogen and oxygen atoms in total.